The van der Waals surface area contributed by atoms with Crippen LogP contribution in [-0.2, 0) is 22.2 Å². The summed E-state index contributed by atoms with van der Waals surface area (Å²) in [5, 5.41) is 12.0. The molecule has 2 aromatic carbocycles. The molecule has 0 unspecified atom stereocenters. The molecule has 2 N–H and O–H groups in total. The quantitative estimate of drug-likeness (QED) is 0.738. The van der Waals surface area contributed by atoms with Crippen LogP contribution in [0.3, 0.4) is 0 Å². The van der Waals surface area contributed by atoms with Gasteiger partial charge in [-0.2, -0.15) is 13.2 Å². The van der Waals surface area contributed by atoms with E-state index in [4.69, 9.17) is 0 Å². The summed E-state index contributed by atoms with van der Waals surface area (Å²) < 4.78 is 38.4. The Morgan fingerprint density at radius 3 is 2.21 bits per heavy atom. The van der Waals surface area contributed by atoms with Crippen LogP contribution < -0.4 is 5.32 Å². The number of halogens is 3. The lowest BCUT2D eigenvalue weighted by Gasteiger charge is -2.20. The molecule has 0 radical (unpaired) electrons. The normalized spacial score (nSPS) is 13.6. The minimum atomic E-state index is -4.53. The standard InChI is InChI=1S/C21H22F3NO3/c1-12-7-13(2)9-15(8-12)10-18(20(27)28)14(3)19(26)25-17-6-4-5-16(11-17)21(22,23)24/h4-9,11,14,18H,10H2,1-3H3,(H,25,26)(H,27,28)/t14-,18+/m0/s1. The first-order chi connectivity index (χ1) is 13.0. The van der Waals surface area contributed by atoms with Crippen LogP contribution in [0.2, 0.25) is 0 Å². The number of aryl methyl sites for hydroxylation is 2. The summed E-state index contributed by atoms with van der Waals surface area (Å²) in [6.07, 6.45) is -4.38. The highest BCUT2D eigenvalue weighted by molar-refractivity contribution is 5.95. The van der Waals surface area contributed by atoms with Gasteiger partial charge < -0.3 is 10.4 Å². The number of carbonyl (C=O) groups is 2. The molecule has 0 aliphatic heterocycles. The third-order valence-corrected chi connectivity index (χ3v) is 4.53. The van der Waals surface area contributed by atoms with Gasteiger partial charge in [-0.3, -0.25) is 9.59 Å². The molecule has 2 aromatic rings. The van der Waals surface area contributed by atoms with E-state index >= 15 is 0 Å². The molecule has 0 aliphatic rings. The number of alkyl halides is 3. The van der Waals surface area contributed by atoms with Crippen molar-refractivity contribution in [3.63, 3.8) is 0 Å². The number of hydrogen-bond acceptors (Lipinski definition) is 2. The molecular formula is C21H22F3NO3. The molecule has 0 fully saturated rings. The zero-order valence-corrected chi connectivity index (χ0v) is 15.8. The van der Waals surface area contributed by atoms with Crippen LogP contribution in [0.1, 0.15) is 29.2 Å². The Labute approximate surface area is 161 Å². The fraction of sp³-hybridized carbons (Fsp3) is 0.333. The van der Waals surface area contributed by atoms with Gasteiger partial charge in [-0.05, 0) is 44.0 Å². The van der Waals surface area contributed by atoms with Crippen LogP contribution in [0.4, 0.5) is 18.9 Å². The topological polar surface area (TPSA) is 66.4 Å². The van der Waals surface area contributed by atoms with Crippen LogP contribution in [-0.4, -0.2) is 17.0 Å². The minimum Gasteiger partial charge on any atom is -0.481 e. The van der Waals surface area contributed by atoms with Crippen LogP contribution in [0.25, 0.3) is 0 Å². The van der Waals surface area contributed by atoms with E-state index in [-0.39, 0.29) is 12.1 Å². The Bertz CT molecular complexity index is 857. The fourth-order valence-electron chi connectivity index (χ4n) is 3.13. The first-order valence-electron chi connectivity index (χ1n) is 8.75. The number of carboxylic acids is 1. The molecule has 0 heterocycles. The summed E-state index contributed by atoms with van der Waals surface area (Å²) in [6.45, 7) is 5.26. The Hall–Kier alpha value is -2.83. The third kappa shape index (κ3) is 5.58. The average molecular weight is 393 g/mol. The van der Waals surface area contributed by atoms with Gasteiger partial charge in [0, 0.05) is 11.6 Å². The van der Waals surface area contributed by atoms with Crippen LogP contribution in [0.15, 0.2) is 42.5 Å². The van der Waals surface area contributed by atoms with E-state index in [0.29, 0.717) is 0 Å². The zero-order chi connectivity index (χ0) is 21.1. The lowest BCUT2D eigenvalue weighted by atomic mass is 9.86. The van der Waals surface area contributed by atoms with Gasteiger partial charge in [-0.15, -0.1) is 0 Å². The highest BCUT2D eigenvalue weighted by Gasteiger charge is 2.32. The van der Waals surface area contributed by atoms with E-state index in [0.717, 1.165) is 28.8 Å². The number of amides is 1. The summed E-state index contributed by atoms with van der Waals surface area (Å²) >= 11 is 0. The molecule has 7 heteroatoms. The van der Waals surface area contributed by atoms with E-state index in [2.05, 4.69) is 5.32 Å². The summed E-state index contributed by atoms with van der Waals surface area (Å²) in [7, 11) is 0. The zero-order valence-electron chi connectivity index (χ0n) is 15.8. The van der Waals surface area contributed by atoms with E-state index in [9.17, 15) is 27.9 Å². The highest BCUT2D eigenvalue weighted by atomic mass is 19.4. The monoisotopic (exact) mass is 393 g/mol. The molecule has 150 valence electrons. The number of rotatable bonds is 6. The SMILES string of the molecule is Cc1cc(C)cc(C[C@@H](C(=O)O)[C@H](C)C(=O)Nc2cccc(C(F)(F)F)c2)c1. The van der Waals surface area contributed by atoms with Crippen molar-refractivity contribution in [2.24, 2.45) is 11.8 Å². The van der Waals surface area contributed by atoms with Gasteiger partial charge >= 0.3 is 12.1 Å². The molecule has 2 atom stereocenters. The largest absolute Gasteiger partial charge is 0.481 e. The molecule has 1 amide bonds. The Morgan fingerprint density at radius 1 is 1.07 bits per heavy atom. The lowest BCUT2D eigenvalue weighted by Crippen LogP contribution is -2.33. The van der Waals surface area contributed by atoms with E-state index < -0.39 is 35.5 Å². The first-order valence-corrected chi connectivity index (χ1v) is 8.75. The number of hydrogen-bond donors (Lipinski definition) is 2. The number of carboxylic acid groups (broad SMARTS) is 1. The molecule has 0 aromatic heterocycles. The van der Waals surface area contributed by atoms with Gasteiger partial charge in [-0.25, -0.2) is 0 Å². The summed E-state index contributed by atoms with van der Waals surface area (Å²) in [5.74, 6) is -3.72. The second-order valence-electron chi connectivity index (χ2n) is 7.00. The Balaban J connectivity index is 2.17. The Kier molecular flexibility index (Phi) is 6.48. The lowest BCUT2D eigenvalue weighted by molar-refractivity contribution is -0.145. The van der Waals surface area contributed by atoms with Crippen LogP contribution in [0.5, 0.6) is 0 Å². The number of nitrogens with one attached hydrogen (secondary N) is 1. The van der Waals surface area contributed by atoms with Gasteiger partial charge in [0.1, 0.15) is 0 Å². The Morgan fingerprint density at radius 2 is 1.68 bits per heavy atom. The van der Waals surface area contributed by atoms with Crippen molar-refractivity contribution in [3.8, 4) is 0 Å². The van der Waals surface area contributed by atoms with Gasteiger partial charge in [0.25, 0.3) is 0 Å². The number of benzene rings is 2. The van der Waals surface area contributed by atoms with E-state index in [1.165, 1.54) is 19.1 Å². The summed E-state index contributed by atoms with van der Waals surface area (Å²) in [6, 6.07) is 9.93. The van der Waals surface area contributed by atoms with Crippen molar-refractivity contribution in [2.45, 2.75) is 33.4 Å². The smallest absolute Gasteiger partial charge is 0.416 e. The molecule has 0 saturated heterocycles. The highest BCUT2D eigenvalue weighted by Crippen LogP contribution is 2.31. The fourth-order valence-corrected chi connectivity index (χ4v) is 3.13. The molecule has 2 rings (SSSR count). The number of anilines is 1. The van der Waals surface area contributed by atoms with Crippen molar-refractivity contribution in [2.75, 3.05) is 5.32 Å². The predicted molar refractivity (Wildman–Crippen MR) is 100.0 cm³/mol. The van der Waals surface area contributed by atoms with Gasteiger partial charge in [0.15, 0.2) is 0 Å². The van der Waals surface area contributed by atoms with Crippen LogP contribution >= 0.6 is 0 Å². The van der Waals surface area contributed by atoms with E-state index in [1.807, 2.05) is 32.0 Å². The third-order valence-electron chi connectivity index (χ3n) is 4.53. The maximum atomic E-state index is 12.8. The van der Waals surface area contributed by atoms with E-state index in [1.54, 1.807) is 0 Å². The summed E-state index contributed by atoms with van der Waals surface area (Å²) in [5.41, 5.74) is 1.86. The van der Waals surface area contributed by atoms with Crippen molar-refractivity contribution in [1.29, 1.82) is 0 Å². The predicted octanol–water partition coefficient (Wildman–Crippen LogP) is 4.84. The summed E-state index contributed by atoms with van der Waals surface area (Å²) in [4.78, 5) is 24.2. The number of aliphatic carboxylic acids is 1. The second kappa shape index (κ2) is 8.46. The van der Waals surface area contributed by atoms with Crippen molar-refractivity contribution >= 4 is 17.6 Å². The molecule has 0 saturated carbocycles. The maximum Gasteiger partial charge on any atom is 0.416 e. The van der Waals surface area contributed by atoms with Gasteiger partial charge in [-0.1, -0.05) is 42.3 Å². The minimum absolute atomic E-state index is 0.0257. The average Bonchev–Trinajstić information content (AvgIpc) is 2.57. The van der Waals surface area contributed by atoms with Gasteiger partial charge in [0.05, 0.1) is 11.5 Å². The maximum absolute atomic E-state index is 12.8. The second-order valence-corrected chi connectivity index (χ2v) is 7.00. The van der Waals surface area contributed by atoms with Crippen LogP contribution in [0, 0.1) is 25.7 Å². The molecular weight excluding hydrogens is 371 g/mol. The van der Waals surface area contributed by atoms with Crippen molar-refractivity contribution in [1.82, 2.24) is 0 Å². The first kappa shape index (κ1) is 21.5. The van der Waals surface area contributed by atoms with Gasteiger partial charge in [0.2, 0.25) is 5.91 Å². The molecule has 28 heavy (non-hydrogen) atoms. The molecule has 0 spiro atoms. The van der Waals surface area contributed by atoms with Crippen molar-refractivity contribution < 1.29 is 27.9 Å². The molecule has 0 aliphatic carbocycles. The molecule has 0 bridgehead atoms. The molecule has 4 nitrogen and oxygen atoms in total. The van der Waals surface area contributed by atoms with Crippen molar-refractivity contribution in [3.05, 3.63) is 64.7 Å². The number of carbonyl (C=O) groups excluding carboxylic acids is 1.